The highest BCUT2D eigenvalue weighted by Crippen LogP contribution is 2.34. The van der Waals surface area contributed by atoms with E-state index in [-0.39, 0.29) is 18.8 Å². The third kappa shape index (κ3) is 10.2. The quantitative estimate of drug-likeness (QED) is 0.106. The van der Waals surface area contributed by atoms with Crippen LogP contribution < -0.4 is 14.8 Å². The molecule has 0 atom stereocenters. The van der Waals surface area contributed by atoms with Gasteiger partial charge in [-0.15, -0.1) is 0 Å². The normalized spacial score (nSPS) is 12.6. The minimum absolute atomic E-state index is 0.166. The predicted octanol–water partition coefficient (Wildman–Crippen LogP) is 5.64. The summed E-state index contributed by atoms with van der Waals surface area (Å²) < 4.78 is 22.0. The van der Waals surface area contributed by atoms with E-state index in [0.29, 0.717) is 36.3 Å². The van der Waals surface area contributed by atoms with Crippen LogP contribution in [0.5, 0.6) is 11.5 Å². The van der Waals surface area contributed by atoms with Crippen molar-refractivity contribution in [1.29, 1.82) is 0 Å². The van der Waals surface area contributed by atoms with Gasteiger partial charge < -0.3 is 24.3 Å². The fourth-order valence-electron chi connectivity index (χ4n) is 3.16. The Morgan fingerprint density at radius 3 is 2.21 bits per heavy atom. The molecule has 1 saturated carbocycles. The molecule has 0 aliphatic heterocycles. The van der Waals surface area contributed by atoms with Crippen molar-refractivity contribution in [2.75, 3.05) is 31.7 Å². The Kier molecular flexibility index (Phi) is 12.2. The molecule has 0 radical (unpaired) electrons. The number of unbranched alkanes of at least 4 members (excludes halogenated alkanes) is 5. The summed E-state index contributed by atoms with van der Waals surface area (Å²) in [5, 5.41) is 2.99. The van der Waals surface area contributed by atoms with Gasteiger partial charge in [-0.25, -0.2) is 9.59 Å². The fourth-order valence-corrected chi connectivity index (χ4v) is 3.16. The Labute approximate surface area is 197 Å². The van der Waals surface area contributed by atoms with Crippen LogP contribution in [-0.4, -0.2) is 38.4 Å². The Hall–Kier alpha value is -2.70. The molecule has 1 N–H and O–H groups in total. The lowest BCUT2D eigenvalue weighted by Gasteiger charge is -2.15. The lowest BCUT2D eigenvalue weighted by atomic mass is 10.1. The van der Waals surface area contributed by atoms with Crippen molar-refractivity contribution >= 4 is 17.6 Å². The van der Waals surface area contributed by atoms with E-state index in [2.05, 4.69) is 12.2 Å². The summed E-state index contributed by atoms with van der Waals surface area (Å²) in [6.45, 7) is 7.21. The van der Waals surface area contributed by atoms with Crippen LogP contribution >= 0.6 is 0 Å². The number of esters is 2. The minimum atomic E-state index is -0.729. The maximum atomic E-state index is 12.1. The van der Waals surface area contributed by atoms with Gasteiger partial charge in [0, 0.05) is 18.0 Å². The van der Waals surface area contributed by atoms with Gasteiger partial charge in [0.05, 0.1) is 26.4 Å². The Morgan fingerprint density at radius 1 is 0.909 bits per heavy atom. The van der Waals surface area contributed by atoms with E-state index in [1.165, 1.54) is 44.7 Å². The molecule has 0 amide bonds. The molecule has 1 aliphatic carbocycles. The highest BCUT2D eigenvalue weighted by Gasteiger charge is 2.23. The highest BCUT2D eigenvalue weighted by atomic mass is 16.6. The second-order valence-corrected chi connectivity index (χ2v) is 8.18. The molecule has 33 heavy (non-hydrogen) atoms. The Morgan fingerprint density at radius 2 is 1.58 bits per heavy atom. The highest BCUT2D eigenvalue weighted by molar-refractivity contribution is 6.14. The number of hydrogen-bond acceptors (Lipinski definition) is 7. The molecule has 2 rings (SSSR count). The Bertz CT molecular complexity index is 752. The summed E-state index contributed by atoms with van der Waals surface area (Å²) in [6, 6.07) is 5.50. The Balaban J connectivity index is 2.05. The van der Waals surface area contributed by atoms with E-state index in [9.17, 15) is 9.59 Å². The molecule has 1 fully saturated rings. The summed E-state index contributed by atoms with van der Waals surface area (Å²) in [4.78, 5) is 24.3. The topological polar surface area (TPSA) is 83.1 Å². The molecule has 184 valence electrons. The molecular weight excluding hydrogens is 422 g/mol. The zero-order valence-electron chi connectivity index (χ0n) is 20.3. The van der Waals surface area contributed by atoms with Gasteiger partial charge in [-0.3, -0.25) is 0 Å². The molecule has 0 heterocycles. The first-order valence-corrected chi connectivity index (χ1v) is 12.3. The van der Waals surface area contributed by atoms with Crippen LogP contribution in [0.3, 0.4) is 0 Å². The minimum Gasteiger partial charge on any atom is -0.490 e. The van der Waals surface area contributed by atoms with Gasteiger partial charge in [0.15, 0.2) is 17.1 Å². The van der Waals surface area contributed by atoms with Crippen LogP contribution in [0.15, 0.2) is 30.0 Å². The van der Waals surface area contributed by atoms with Crippen molar-refractivity contribution in [2.45, 2.75) is 72.1 Å². The van der Waals surface area contributed by atoms with Crippen LogP contribution in [-0.2, 0) is 19.1 Å². The molecule has 7 heteroatoms. The van der Waals surface area contributed by atoms with Gasteiger partial charge in [-0.05, 0) is 51.2 Å². The number of hydrogen-bond donors (Lipinski definition) is 1. The second kappa shape index (κ2) is 15.2. The van der Waals surface area contributed by atoms with E-state index in [0.717, 1.165) is 12.8 Å². The SMILES string of the molecule is CCCCCCCCOc1cc(NC=C(C(=O)OCC)C(=O)OCC)ccc1OCC1CC1. The lowest BCUT2D eigenvalue weighted by molar-refractivity contribution is -0.146. The van der Waals surface area contributed by atoms with E-state index in [4.69, 9.17) is 18.9 Å². The van der Waals surface area contributed by atoms with Crippen molar-refractivity contribution in [2.24, 2.45) is 5.92 Å². The first-order valence-electron chi connectivity index (χ1n) is 12.3. The van der Waals surface area contributed by atoms with Crippen molar-refractivity contribution in [3.05, 3.63) is 30.0 Å². The monoisotopic (exact) mass is 461 g/mol. The molecule has 7 nitrogen and oxygen atoms in total. The standard InChI is InChI=1S/C26H39NO6/c1-4-7-8-9-10-11-16-32-24-17-21(14-15-23(24)33-19-20-12-13-20)27-18-22(25(28)30-5-2)26(29)31-6-3/h14-15,17-18,20,27H,4-13,16,19H2,1-3H3. The average Bonchev–Trinajstić information content (AvgIpc) is 3.63. The van der Waals surface area contributed by atoms with Crippen molar-refractivity contribution in [1.82, 2.24) is 0 Å². The summed E-state index contributed by atoms with van der Waals surface area (Å²) in [6.07, 6.45) is 10.9. The number of carbonyl (C=O) groups excluding carboxylic acids is 2. The van der Waals surface area contributed by atoms with Crippen molar-refractivity contribution in [3.8, 4) is 11.5 Å². The van der Waals surface area contributed by atoms with E-state index >= 15 is 0 Å². The first kappa shape index (κ1) is 26.6. The molecule has 1 aromatic carbocycles. The van der Waals surface area contributed by atoms with Crippen molar-refractivity contribution < 1.29 is 28.5 Å². The number of anilines is 1. The van der Waals surface area contributed by atoms with Gasteiger partial charge in [0.2, 0.25) is 0 Å². The molecule has 1 aliphatic rings. The lowest BCUT2D eigenvalue weighted by Crippen LogP contribution is -2.19. The average molecular weight is 462 g/mol. The van der Waals surface area contributed by atoms with E-state index < -0.39 is 11.9 Å². The molecule has 0 spiro atoms. The molecular formula is C26H39NO6. The van der Waals surface area contributed by atoms with Gasteiger partial charge in [0.1, 0.15) is 0 Å². The van der Waals surface area contributed by atoms with Crippen LogP contribution in [0.1, 0.15) is 72.1 Å². The molecule has 0 aromatic heterocycles. The first-order chi connectivity index (χ1) is 16.1. The molecule has 0 unspecified atom stereocenters. The largest absolute Gasteiger partial charge is 0.490 e. The third-order valence-electron chi connectivity index (χ3n) is 5.24. The van der Waals surface area contributed by atoms with Gasteiger partial charge in [-0.2, -0.15) is 0 Å². The predicted molar refractivity (Wildman–Crippen MR) is 129 cm³/mol. The van der Waals surface area contributed by atoms with E-state index in [1.807, 2.05) is 18.2 Å². The third-order valence-corrected chi connectivity index (χ3v) is 5.24. The van der Waals surface area contributed by atoms with Crippen LogP contribution in [0, 0.1) is 5.92 Å². The second-order valence-electron chi connectivity index (χ2n) is 8.18. The summed E-state index contributed by atoms with van der Waals surface area (Å²) >= 11 is 0. The number of carbonyl (C=O) groups is 2. The van der Waals surface area contributed by atoms with Crippen LogP contribution in [0.4, 0.5) is 5.69 Å². The van der Waals surface area contributed by atoms with Crippen molar-refractivity contribution in [3.63, 3.8) is 0 Å². The van der Waals surface area contributed by atoms with Crippen LogP contribution in [0.2, 0.25) is 0 Å². The summed E-state index contributed by atoms with van der Waals surface area (Å²) in [7, 11) is 0. The summed E-state index contributed by atoms with van der Waals surface area (Å²) in [5.41, 5.74) is 0.472. The molecule has 0 bridgehead atoms. The number of nitrogens with one attached hydrogen (secondary N) is 1. The number of ether oxygens (including phenoxy) is 4. The smallest absolute Gasteiger partial charge is 0.347 e. The van der Waals surface area contributed by atoms with Crippen LogP contribution in [0.25, 0.3) is 0 Å². The maximum Gasteiger partial charge on any atom is 0.347 e. The molecule has 0 saturated heterocycles. The zero-order valence-corrected chi connectivity index (χ0v) is 20.3. The van der Waals surface area contributed by atoms with Gasteiger partial charge >= 0.3 is 11.9 Å². The summed E-state index contributed by atoms with van der Waals surface area (Å²) in [5.74, 6) is 0.531. The number of benzene rings is 1. The molecule has 1 aromatic rings. The number of rotatable bonds is 17. The van der Waals surface area contributed by atoms with Gasteiger partial charge in [-0.1, -0.05) is 39.0 Å². The van der Waals surface area contributed by atoms with Gasteiger partial charge in [0.25, 0.3) is 0 Å². The zero-order chi connectivity index (χ0) is 23.9. The van der Waals surface area contributed by atoms with E-state index in [1.54, 1.807) is 13.8 Å². The maximum absolute atomic E-state index is 12.1. The fraction of sp³-hybridized carbons (Fsp3) is 0.615.